The molecule has 11 nitrogen and oxygen atoms in total. The summed E-state index contributed by atoms with van der Waals surface area (Å²) in [7, 11) is 3.33. The molecule has 3 atom stereocenters. The number of nitrogens with one attached hydrogen (secondary N) is 2. The van der Waals surface area contributed by atoms with E-state index in [2.05, 4.69) is 39.8 Å². The van der Waals surface area contributed by atoms with Gasteiger partial charge in [-0.1, -0.05) is 66.7 Å². The van der Waals surface area contributed by atoms with Crippen LogP contribution in [0.15, 0.2) is 84.9 Å². The highest BCUT2D eigenvalue weighted by Crippen LogP contribution is 2.40. The van der Waals surface area contributed by atoms with Crippen LogP contribution in [0.3, 0.4) is 0 Å². The molecular formula is C41H47N3O8. The number of aliphatic hydroxyl groups is 1. The molecule has 4 aromatic rings. The lowest BCUT2D eigenvalue weighted by molar-refractivity contribution is -0.253. The van der Waals surface area contributed by atoms with E-state index in [4.69, 9.17) is 23.7 Å². The minimum atomic E-state index is -0.569. The van der Waals surface area contributed by atoms with Crippen LogP contribution in [0.2, 0.25) is 0 Å². The Morgan fingerprint density at radius 2 is 1.58 bits per heavy atom. The minimum absolute atomic E-state index is 0.00845. The summed E-state index contributed by atoms with van der Waals surface area (Å²) in [5.74, 6) is 1.01. The molecule has 2 aliphatic rings. The maximum Gasteiger partial charge on any atom is 0.325 e. The lowest BCUT2D eigenvalue weighted by Gasteiger charge is -2.39. The summed E-state index contributed by atoms with van der Waals surface area (Å²) in [4.78, 5) is 26.1. The van der Waals surface area contributed by atoms with Gasteiger partial charge in [0.1, 0.15) is 6.54 Å². The molecule has 2 heterocycles. The molecule has 0 aromatic heterocycles. The van der Waals surface area contributed by atoms with Gasteiger partial charge >= 0.3 is 12.0 Å². The van der Waals surface area contributed by atoms with Crippen molar-refractivity contribution in [2.75, 3.05) is 40.5 Å². The highest BCUT2D eigenvalue weighted by molar-refractivity contribution is 5.80. The van der Waals surface area contributed by atoms with E-state index in [9.17, 15) is 14.7 Å². The van der Waals surface area contributed by atoms with Crippen molar-refractivity contribution in [3.8, 4) is 22.6 Å². The second-order valence-corrected chi connectivity index (χ2v) is 13.0. The number of esters is 1. The predicted molar refractivity (Wildman–Crippen MR) is 196 cm³/mol. The molecule has 0 unspecified atom stereocenters. The molecule has 1 saturated heterocycles. The Labute approximate surface area is 304 Å². The van der Waals surface area contributed by atoms with Crippen molar-refractivity contribution in [3.05, 3.63) is 118 Å². The van der Waals surface area contributed by atoms with Crippen molar-refractivity contribution in [1.29, 1.82) is 0 Å². The Morgan fingerprint density at radius 3 is 2.29 bits per heavy atom. The zero-order valence-corrected chi connectivity index (χ0v) is 29.9. The van der Waals surface area contributed by atoms with E-state index in [0.29, 0.717) is 13.0 Å². The molecule has 2 aliphatic heterocycles. The summed E-state index contributed by atoms with van der Waals surface area (Å²) in [5.41, 5.74) is 8.27. The molecule has 6 rings (SSSR count). The van der Waals surface area contributed by atoms with E-state index in [1.807, 2.05) is 60.7 Å². The smallest absolute Gasteiger partial charge is 0.325 e. The van der Waals surface area contributed by atoms with Crippen LogP contribution in [0.1, 0.15) is 59.1 Å². The van der Waals surface area contributed by atoms with Gasteiger partial charge in [0.15, 0.2) is 17.8 Å². The van der Waals surface area contributed by atoms with E-state index >= 15 is 0 Å². The normalized spacial score (nSPS) is 18.6. The molecule has 0 aliphatic carbocycles. The Morgan fingerprint density at radius 1 is 0.846 bits per heavy atom. The number of amides is 2. The van der Waals surface area contributed by atoms with Crippen molar-refractivity contribution < 1.29 is 38.4 Å². The number of urea groups is 1. The second-order valence-electron chi connectivity index (χ2n) is 13.0. The highest BCUT2D eigenvalue weighted by Gasteiger charge is 2.34. The fourth-order valence-electron chi connectivity index (χ4n) is 6.72. The van der Waals surface area contributed by atoms with Gasteiger partial charge in [0, 0.05) is 38.2 Å². The molecule has 1 fully saturated rings. The van der Waals surface area contributed by atoms with Gasteiger partial charge < -0.3 is 39.4 Å². The number of fused-ring (bicyclic) bond motifs is 1. The largest absolute Gasteiger partial charge is 0.493 e. The lowest BCUT2D eigenvalue weighted by Crippen LogP contribution is -2.41. The van der Waals surface area contributed by atoms with Crippen molar-refractivity contribution >= 4 is 12.0 Å². The molecular weight excluding hydrogens is 662 g/mol. The fraction of sp³-hybridized carbons (Fsp3) is 0.366. The van der Waals surface area contributed by atoms with Gasteiger partial charge in [0.25, 0.3) is 0 Å². The van der Waals surface area contributed by atoms with E-state index < -0.39 is 18.3 Å². The molecule has 11 heteroatoms. The van der Waals surface area contributed by atoms with Crippen molar-refractivity contribution in [2.45, 2.75) is 58.0 Å². The number of carbonyl (C=O) groups is 2. The third-order valence-corrected chi connectivity index (χ3v) is 9.47. The quantitative estimate of drug-likeness (QED) is 0.147. The van der Waals surface area contributed by atoms with Gasteiger partial charge in [-0.2, -0.15) is 0 Å². The molecule has 0 radical (unpaired) electrons. The van der Waals surface area contributed by atoms with Gasteiger partial charge in [0.2, 0.25) is 0 Å². The summed E-state index contributed by atoms with van der Waals surface area (Å²) < 4.78 is 29.3. The third-order valence-electron chi connectivity index (χ3n) is 9.47. The number of methoxy groups -OCH3 is 2. The standard InChI is InChI=1S/C41H47N3O8/c1-4-50-39(46)23-43-41(47)42-22-28-6-5-7-32(18-28)29-12-14-31(15-13-29)40-51-35(21-36(52-40)30-10-8-27(26-45)9-11-30)25-44-17-16-33-19-37(48-2)38(49-3)20-34(33)24-44/h5-15,18-20,35-36,40,45H,4,16-17,21-26H2,1-3H3,(H2,42,43,47)/t35-,36+,40+/m1/s1. The van der Waals surface area contributed by atoms with Crippen molar-refractivity contribution in [1.82, 2.24) is 15.5 Å². The number of hydrogen-bond acceptors (Lipinski definition) is 9. The van der Waals surface area contributed by atoms with E-state index in [-0.39, 0.29) is 32.0 Å². The summed E-state index contributed by atoms with van der Waals surface area (Å²) >= 11 is 0. The van der Waals surface area contributed by atoms with Gasteiger partial charge in [-0.15, -0.1) is 0 Å². The number of aliphatic hydroxyl groups excluding tert-OH is 1. The van der Waals surface area contributed by atoms with Gasteiger partial charge in [-0.05, 0) is 70.5 Å². The molecule has 2 amide bonds. The van der Waals surface area contributed by atoms with Crippen molar-refractivity contribution in [3.63, 3.8) is 0 Å². The number of ether oxygens (including phenoxy) is 5. The SMILES string of the molecule is CCOC(=O)CNC(=O)NCc1cccc(-c2ccc([C@H]3O[C@@H](CN4CCc5cc(OC)c(OC)cc5C4)C[C@@H](c4ccc(CO)cc4)O3)cc2)c1. The average molecular weight is 710 g/mol. The molecule has 0 bridgehead atoms. The van der Waals surface area contributed by atoms with Crippen LogP contribution in [0.5, 0.6) is 11.5 Å². The Balaban J connectivity index is 1.14. The predicted octanol–water partition coefficient (Wildman–Crippen LogP) is 5.83. The number of rotatable bonds is 13. The molecule has 0 spiro atoms. The van der Waals surface area contributed by atoms with Crippen LogP contribution in [0.25, 0.3) is 11.1 Å². The maximum absolute atomic E-state index is 12.2. The fourth-order valence-corrected chi connectivity index (χ4v) is 6.72. The highest BCUT2D eigenvalue weighted by atomic mass is 16.7. The first kappa shape index (κ1) is 36.8. The topological polar surface area (TPSA) is 128 Å². The van der Waals surface area contributed by atoms with Crippen LogP contribution < -0.4 is 20.1 Å². The van der Waals surface area contributed by atoms with Crippen LogP contribution in [-0.4, -0.2) is 68.6 Å². The first-order valence-corrected chi connectivity index (χ1v) is 17.7. The second kappa shape index (κ2) is 17.5. The summed E-state index contributed by atoms with van der Waals surface area (Å²) in [6.45, 7) is 4.54. The maximum atomic E-state index is 12.2. The van der Waals surface area contributed by atoms with Gasteiger partial charge in [0.05, 0.1) is 39.6 Å². The van der Waals surface area contributed by atoms with E-state index in [0.717, 1.165) is 70.9 Å². The summed E-state index contributed by atoms with van der Waals surface area (Å²) in [6, 6.07) is 27.8. The summed E-state index contributed by atoms with van der Waals surface area (Å²) in [5, 5.41) is 14.9. The zero-order valence-electron chi connectivity index (χ0n) is 29.9. The number of benzene rings is 4. The van der Waals surface area contributed by atoms with Crippen molar-refractivity contribution in [2.24, 2.45) is 0 Å². The third kappa shape index (κ3) is 9.29. The number of carbonyl (C=O) groups excluding carboxylic acids is 2. The minimum Gasteiger partial charge on any atom is -0.493 e. The lowest BCUT2D eigenvalue weighted by atomic mass is 9.96. The monoisotopic (exact) mass is 709 g/mol. The summed E-state index contributed by atoms with van der Waals surface area (Å²) in [6.07, 6.45) is 0.776. The molecule has 52 heavy (non-hydrogen) atoms. The van der Waals surface area contributed by atoms with Crippen LogP contribution in [-0.2, 0) is 45.1 Å². The molecule has 0 saturated carbocycles. The Kier molecular flexibility index (Phi) is 12.4. The number of hydrogen-bond donors (Lipinski definition) is 3. The first-order valence-electron chi connectivity index (χ1n) is 17.7. The Hall–Kier alpha value is -4.94. The van der Waals surface area contributed by atoms with Gasteiger partial charge in [-0.3, -0.25) is 9.69 Å². The van der Waals surface area contributed by atoms with E-state index in [1.54, 1.807) is 21.1 Å². The van der Waals surface area contributed by atoms with Crippen LogP contribution >= 0.6 is 0 Å². The number of nitrogens with zero attached hydrogens (tertiary/aromatic N) is 1. The molecule has 274 valence electrons. The van der Waals surface area contributed by atoms with E-state index in [1.165, 1.54) is 11.1 Å². The Bertz CT molecular complexity index is 1810. The van der Waals surface area contributed by atoms with Crippen LogP contribution in [0.4, 0.5) is 4.79 Å². The first-order chi connectivity index (χ1) is 25.3. The van der Waals surface area contributed by atoms with Gasteiger partial charge in [-0.25, -0.2) is 4.79 Å². The van der Waals surface area contributed by atoms with Crippen LogP contribution in [0, 0.1) is 0 Å². The zero-order chi connectivity index (χ0) is 36.5. The molecule has 3 N–H and O–H groups in total. The average Bonchev–Trinajstić information content (AvgIpc) is 3.19. The molecule has 4 aromatic carbocycles.